The Morgan fingerprint density at radius 2 is 1.73 bits per heavy atom. The normalized spacial score (nSPS) is 13.3. The van der Waals surface area contributed by atoms with Crippen molar-refractivity contribution in [3.63, 3.8) is 0 Å². The first kappa shape index (κ1) is 21.4. The van der Waals surface area contributed by atoms with Gasteiger partial charge in [-0.3, -0.25) is 4.98 Å². The fourth-order valence-corrected chi connectivity index (χ4v) is 3.23. The third kappa shape index (κ3) is 4.82. The van der Waals surface area contributed by atoms with Crippen molar-refractivity contribution in [2.24, 2.45) is 5.16 Å². The van der Waals surface area contributed by atoms with Gasteiger partial charge in [-0.05, 0) is 48.4 Å². The van der Waals surface area contributed by atoms with E-state index in [9.17, 15) is 27.2 Å². The minimum atomic E-state index is -4.51. The van der Waals surface area contributed by atoms with E-state index in [2.05, 4.69) is 10.1 Å². The molecule has 0 spiro atoms. The third-order valence-corrected chi connectivity index (χ3v) is 4.73. The number of pyridine rings is 1. The van der Waals surface area contributed by atoms with Crippen LogP contribution in [0.2, 0.25) is 0 Å². The summed E-state index contributed by atoms with van der Waals surface area (Å²) < 4.78 is 66.7. The summed E-state index contributed by atoms with van der Waals surface area (Å²) in [5.41, 5.74) is 0.972. The monoisotopic (exact) mass is 420 g/mol. The molecule has 1 atom stereocenters. The lowest BCUT2D eigenvalue weighted by Crippen LogP contribution is -2.13. The molecule has 156 valence electrons. The van der Waals surface area contributed by atoms with Crippen molar-refractivity contribution in [2.45, 2.75) is 25.4 Å². The van der Waals surface area contributed by atoms with E-state index >= 15 is 0 Å². The van der Waals surface area contributed by atoms with Crippen molar-refractivity contribution >= 4 is 5.71 Å². The summed E-state index contributed by atoms with van der Waals surface area (Å²) in [5.74, 6) is -2.43. The number of hydrogen-bond donors (Lipinski definition) is 1. The smallest absolute Gasteiger partial charge is 0.411 e. The lowest BCUT2D eigenvalue weighted by molar-refractivity contribution is -0.137. The van der Waals surface area contributed by atoms with Gasteiger partial charge >= 0.3 is 6.18 Å². The lowest BCUT2D eigenvalue weighted by atomic mass is 9.85. The average molecular weight is 420 g/mol. The van der Waals surface area contributed by atoms with Crippen LogP contribution < -0.4 is 0 Å². The van der Waals surface area contributed by atoms with Gasteiger partial charge in [0.2, 0.25) is 0 Å². The van der Waals surface area contributed by atoms with E-state index in [1.807, 2.05) is 0 Å². The molecule has 0 fully saturated rings. The van der Waals surface area contributed by atoms with Gasteiger partial charge < -0.3 is 5.21 Å². The van der Waals surface area contributed by atoms with Crippen LogP contribution >= 0.6 is 0 Å². The molecule has 1 unspecified atom stereocenters. The Morgan fingerprint density at radius 3 is 2.30 bits per heavy atom. The standard InChI is InChI=1S/C22H17F5N2O/c1-13-10-15(8-9-28-13)21(29-30)12-19(18-7-6-17(23)11-20(18)24)14-2-4-16(5-3-14)22(25,26)27/h2-11,19,30H,12H2,1H3/b29-21-. The van der Waals surface area contributed by atoms with E-state index < -0.39 is 29.3 Å². The minimum Gasteiger partial charge on any atom is -0.411 e. The van der Waals surface area contributed by atoms with E-state index in [-0.39, 0.29) is 17.7 Å². The first-order valence-corrected chi connectivity index (χ1v) is 8.95. The first-order valence-electron chi connectivity index (χ1n) is 8.95. The molecule has 30 heavy (non-hydrogen) atoms. The van der Waals surface area contributed by atoms with E-state index in [4.69, 9.17) is 0 Å². The summed E-state index contributed by atoms with van der Waals surface area (Å²) in [6, 6.07) is 10.6. The van der Waals surface area contributed by atoms with Crippen LogP contribution in [0.3, 0.4) is 0 Å². The van der Waals surface area contributed by atoms with Gasteiger partial charge in [0, 0.05) is 35.9 Å². The van der Waals surface area contributed by atoms with Gasteiger partial charge in [0.15, 0.2) is 0 Å². The molecule has 8 heteroatoms. The summed E-state index contributed by atoms with van der Waals surface area (Å²) >= 11 is 0. The molecule has 2 aromatic carbocycles. The number of aryl methyl sites for hydroxylation is 1. The predicted octanol–water partition coefficient (Wildman–Crippen LogP) is 6.09. The number of halogens is 5. The molecule has 1 heterocycles. The largest absolute Gasteiger partial charge is 0.416 e. The van der Waals surface area contributed by atoms with Gasteiger partial charge in [-0.1, -0.05) is 23.4 Å². The summed E-state index contributed by atoms with van der Waals surface area (Å²) in [6.45, 7) is 1.74. The van der Waals surface area contributed by atoms with Gasteiger partial charge in [0.1, 0.15) is 11.6 Å². The zero-order valence-corrected chi connectivity index (χ0v) is 15.8. The molecule has 0 radical (unpaired) electrons. The van der Waals surface area contributed by atoms with E-state index in [0.29, 0.717) is 22.9 Å². The molecule has 1 N–H and O–H groups in total. The lowest BCUT2D eigenvalue weighted by Gasteiger charge is -2.20. The van der Waals surface area contributed by atoms with Crippen LogP contribution in [0.25, 0.3) is 0 Å². The SMILES string of the molecule is Cc1cc(/C(CC(c2ccc(C(F)(F)F)cc2)c2ccc(F)cc2F)=N\O)ccn1. The first-order chi connectivity index (χ1) is 14.2. The van der Waals surface area contributed by atoms with Crippen molar-refractivity contribution in [3.8, 4) is 0 Å². The van der Waals surface area contributed by atoms with Crippen LogP contribution in [0.15, 0.2) is 65.9 Å². The topological polar surface area (TPSA) is 45.5 Å². The summed E-state index contributed by atoms with van der Waals surface area (Å²) in [5, 5.41) is 12.8. The van der Waals surface area contributed by atoms with E-state index in [0.717, 1.165) is 18.2 Å². The molecule has 0 saturated heterocycles. The van der Waals surface area contributed by atoms with Gasteiger partial charge in [0.25, 0.3) is 0 Å². The van der Waals surface area contributed by atoms with Crippen molar-refractivity contribution in [2.75, 3.05) is 0 Å². The average Bonchev–Trinajstić information content (AvgIpc) is 2.69. The molecule has 0 aliphatic heterocycles. The molecule has 0 aliphatic rings. The fourth-order valence-electron chi connectivity index (χ4n) is 3.23. The number of oxime groups is 1. The van der Waals surface area contributed by atoms with Crippen LogP contribution in [0.4, 0.5) is 22.0 Å². The maximum atomic E-state index is 14.5. The highest BCUT2D eigenvalue weighted by atomic mass is 19.4. The van der Waals surface area contributed by atoms with Crippen LogP contribution in [-0.2, 0) is 6.18 Å². The van der Waals surface area contributed by atoms with Gasteiger partial charge in [-0.15, -0.1) is 0 Å². The van der Waals surface area contributed by atoms with E-state index in [1.165, 1.54) is 24.4 Å². The predicted molar refractivity (Wildman–Crippen MR) is 102 cm³/mol. The highest BCUT2D eigenvalue weighted by Crippen LogP contribution is 2.35. The van der Waals surface area contributed by atoms with Crippen molar-refractivity contribution in [1.29, 1.82) is 0 Å². The second-order valence-corrected chi connectivity index (χ2v) is 6.77. The molecule has 1 aromatic heterocycles. The van der Waals surface area contributed by atoms with Crippen LogP contribution in [0.5, 0.6) is 0 Å². The zero-order valence-electron chi connectivity index (χ0n) is 15.8. The van der Waals surface area contributed by atoms with Crippen molar-refractivity contribution in [1.82, 2.24) is 4.98 Å². The molecular weight excluding hydrogens is 403 g/mol. The number of benzene rings is 2. The van der Waals surface area contributed by atoms with Gasteiger partial charge in [-0.25, -0.2) is 8.78 Å². The number of hydrogen-bond acceptors (Lipinski definition) is 3. The van der Waals surface area contributed by atoms with Crippen LogP contribution in [0, 0.1) is 18.6 Å². The summed E-state index contributed by atoms with van der Waals surface area (Å²) in [4.78, 5) is 4.06. The van der Waals surface area contributed by atoms with Crippen LogP contribution in [0.1, 0.15) is 40.3 Å². The quantitative estimate of drug-likeness (QED) is 0.235. The number of rotatable bonds is 5. The molecule has 0 amide bonds. The Hall–Kier alpha value is -3.29. The Bertz CT molecular complexity index is 1060. The molecule has 3 aromatic rings. The molecular formula is C22H17F5N2O. The van der Waals surface area contributed by atoms with E-state index in [1.54, 1.807) is 19.1 Å². The van der Waals surface area contributed by atoms with Crippen molar-refractivity contribution in [3.05, 3.63) is 100 Å². The van der Waals surface area contributed by atoms with Crippen LogP contribution in [-0.4, -0.2) is 15.9 Å². The molecule has 3 rings (SSSR count). The number of alkyl halides is 3. The Balaban J connectivity index is 2.05. The fraction of sp³-hybridized carbons (Fsp3) is 0.182. The zero-order chi connectivity index (χ0) is 21.9. The second-order valence-electron chi connectivity index (χ2n) is 6.77. The Morgan fingerprint density at radius 1 is 1.03 bits per heavy atom. The second kappa shape index (κ2) is 8.61. The number of nitrogens with zero attached hydrogens (tertiary/aromatic N) is 2. The van der Waals surface area contributed by atoms with Crippen molar-refractivity contribution < 1.29 is 27.2 Å². The summed E-state index contributed by atoms with van der Waals surface area (Å²) in [6.07, 6.45) is -3.03. The summed E-state index contributed by atoms with van der Waals surface area (Å²) in [7, 11) is 0. The molecule has 0 aliphatic carbocycles. The maximum absolute atomic E-state index is 14.5. The molecule has 0 bridgehead atoms. The molecule has 0 saturated carbocycles. The highest BCUT2D eigenvalue weighted by molar-refractivity contribution is 6.00. The van der Waals surface area contributed by atoms with Gasteiger partial charge in [0.05, 0.1) is 11.3 Å². The third-order valence-electron chi connectivity index (χ3n) is 4.73. The minimum absolute atomic E-state index is 0.0339. The maximum Gasteiger partial charge on any atom is 0.416 e. The van der Waals surface area contributed by atoms with Gasteiger partial charge in [-0.2, -0.15) is 13.2 Å². The Kier molecular flexibility index (Phi) is 6.14. The Labute approximate surface area is 169 Å². The highest BCUT2D eigenvalue weighted by Gasteiger charge is 2.31. The molecule has 3 nitrogen and oxygen atoms in total. The number of aromatic nitrogens is 1.